The molecule has 1 aromatic carbocycles. The minimum atomic E-state index is -0.0478. The molecule has 4 N–H and O–H groups in total. The zero-order valence-corrected chi connectivity index (χ0v) is 20.2. The molecule has 2 saturated carbocycles. The van der Waals surface area contributed by atoms with E-state index in [2.05, 4.69) is 52.5 Å². The van der Waals surface area contributed by atoms with Crippen LogP contribution in [-0.2, 0) is 13.6 Å². The van der Waals surface area contributed by atoms with Crippen molar-refractivity contribution in [1.29, 1.82) is 0 Å². The molecule has 2 fully saturated rings. The predicted octanol–water partition coefficient (Wildman–Crippen LogP) is 2.93. The maximum atomic E-state index is 12.8. The Morgan fingerprint density at radius 1 is 1.06 bits per heavy atom. The van der Waals surface area contributed by atoms with Gasteiger partial charge in [-0.05, 0) is 62.8 Å². The summed E-state index contributed by atoms with van der Waals surface area (Å²) in [5, 5.41) is 25.5. The van der Waals surface area contributed by atoms with E-state index >= 15 is 0 Å². The summed E-state index contributed by atoms with van der Waals surface area (Å²) < 4.78 is 1.68. The Bertz CT molecular complexity index is 1370. The van der Waals surface area contributed by atoms with Crippen LogP contribution in [-0.4, -0.2) is 53.2 Å². The lowest BCUT2D eigenvalue weighted by Crippen LogP contribution is -2.42. The van der Waals surface area contributed by atoms with Gasteiger partial charge in [0, 0.05) is 48.6 Å². The fourth-order valence-electron chi connectivity index (χ4n) is 4.81. The van der Waals surface area contributed by atoms with Crippen molar-refractivity contribution in [3.05, 3.63) is 53.6 Å². The fourth-order valence-corrected chi connectivity index (χ4v) is 4.81. The number of amides is 1. The molecular weight excluding hydrogens is 456 g/mol. The van der Waals surface area contributed by atoms with Crippen molar-refractivity contribution in [2.75, 3.05) is 5.32 Å². The highest BCUT2D eigenvalue weighted by Gasteiger charge is 2.26. The summed E-state index contributed by atoms with van der Waals surface area (Å²) in [6.07, 6.45) is 8.09. The number of aromatic amines is 1. The topological polar surface area (TPSA) is 138 Å². The summed E-state index contributed by atoms with van der Waals surface area (Å²) in [5.41, 5.74) is 3.46. The molecule has 0 atom stereocenters. The SMILES string of the molecule is Cn1nnc2ccc(C(=O)NC3CCC(NCc4nccc(Nc5cc(C6CC6)[nH]n5)n4)CC3)cc21. The normalized spacial score (nSPS) is 19.9. The third-order valence-electron chi connectivity index (χ3n) is 7.06. The average molecular weight is 487 g/mol. The average Bonchev–Trinajstić information content (AvgIpc) is 3.54. The Balaban J connectivity index is 0.970. The van der Waals surface area contributed by atoms with Crippen LogP contribution in [0.25, 0.3) is 11.0 Å². The molecular formula is C25H30N10O. The van der Waals surface area contributed by atoms with Crippen molar-refractivity contribution in [1.82, 2.24) is 45.8 Å². The lowest BCUT2D eigenvalue weighted by Gasteiger charge is -2.29. The van der Waals surface area contributed by atoms with E-state index in [0.717, 1.165) is 54.2 Å². The number of aromatic nitrogens is 7. The first-order valence-electron chi connectivity index (χ1n) is 12.6. The number of nitrogens with zero attached hydrogens (tertiary/aromatic N) is 6. The first kappa shape index (κ1) is 22.6. The van der Waals surface area contributed by atoms with Gasteiger partial charge in [-0.3, -0.25) is 9.89 Å². The molecule has 0 radical (unpaired) electrons. The van der Waals surface area contributed by atoms with Gasteiger partial charge in [-0.1, -0.05) is 5.21 Å². The smallest absolute Gasteiger partial charge is 0.251 e. The maximum Gasteiger partial charge on any atom is 0.251 e. The van der Waals surface area contributed by atoms with E-state index in [9.17, 15) is 4.79 Å². The molecule has 6 rings (SSSR count). The summed E-state index contributed by atoms with van der Waals surface area (Å²) in [6.45, 7) is 0.601. The number of hydrogen-bond acceptors (Lipinski definition) is 8. The van der Waals surface area contributed by atoms with Crippen molar-refractivity contribution in [3.63, 3.8) is 0 Å². The third kappa shape index (κ3) is 5.06. The number of carbonyl (C=O) groups excluding carboxylic acids is 1. The highest BCUT2D eigenvalue weighted by atomic mass is 16.1. The van der Waals surface area contributed by atoms with E-state index in [-0.39, 0.29) is 11.9 Å². The van der Waals surface area contributed by atoms with Gasteiger partial charge < -0.3 is 16.0 Å². The minimum Gasteiger partial charge on any atom is -0.349 e. The van der Waals surface area contributed by atoms with Crippen LogP contribution in [0.15, 0.2) is 36.5 Å². The van der Waals surface area contributed by atoms with Gasteiger partial charge in [-0.2, -0.15) is 5.10 Å². The van der Waals surface area contributed by atoms with Crippen molar-refractivity contribution < 1.29 is 4.79 Å². The van der Waals surface area contributed by atoms with Crippen LogP contribution in [0.2, 0.25) is 0 Å². The van der Waals surface area contributed by atoms with Gasteiger partial charge in [0.1, 0.15) is 17.2 Å². The van der Waals surface area contributed by atoms with Crippen LogP contribution in [0, 0.1) is 0 Å². The molecule has 0 unspecified atom stereocenters. The van der Waals surface area contributed by atoms with Gasteiger partial charge in [0.15, 0.2) is 5.82 Å². The fraction of sp³-hybridized carbons (Fsp3) is 0.440. The summed E-state index contributed by atoms with van der Waals surface area (Å²) in [5.74, 6) is 2.85. The predicted molar refractivity (Wildman–Crippen MR) is 135 cm³/mol. The number of carbonyl (C=O) groups is 1. The van der Waals surface area contributed by atoms with E-state index in [4.69, 9.17) is 0 Å². The van der Waals surface area contributed by atoms with Gasteiger partial charge in [-0.25, -0.2) is 14.6 Å². The van der Waals surface area contributed by atoms with E-state index < -0.39 is 0 Å². The summed E-state index contributed by atoms with van der Waals surface area (Å²) in [7, 11) is 1.83. The minimum absolute atomic E-state index is 0.0478. The number of rotatable bonds is 8. The summed E-state index contributed by atoms with van der Waals surface area (Å²) >= 11 is 0. The van der Waals surface area contributed by atoms with Crippen LogP contribution in [0.4, 0.5) is 11.6 Å². The van der Waals surface area contributed by atoms with Crippen molar-refractivity contribution >= 4 is 28.6 Å². The number of aryl methyl sites for hydroxylation is 1. The Morgan fingerprint density at radius 2 is 1.89 bits per heavy atom. The van der Waals surface area contributed by atoms with Crippen LogP contribution < -0.4 is 16.0 Å². The number of nitrogens with one attached hydrogen (secondary N) is 4. The highest BCUT2D eigenvalue weighted by Crippen LogP contribution is 2.39. The monoisotopic (exact) mass is 486 g/mol. The van der Waals surface area contributed by atoms with Crippen molar-refractivity contribution in [2.45, 2.75) is 63.1 Å². The Kier molecular flexibility index (Phi) is 6.06. The van der Waals surface area contributed by atoms with Crippen LogP contribution in [0.3, 0.4) is 0 Å². The van der Waals surface area contributed by atoms with E-state index in [0.29, 0.717) is 24.1 Å². The molecule has 0 spiro atoms. The molecule has 1 amide bonds. The second-order valence-corrected chi connectivity index (χ2v) is 9.79. The molecule has 11 nitrogen and oxygen atoms in total. The van der Waals surface area contributed by atoms with Crippen molar-refractivity contribution in [2.24, 2.45) is 7.05 Å². The largest absolute Gasteiger partial charge is 0.349 e. The van der Waals surface area contributed by atoms with Gasteiger partial charge in [0.05, 0.1) is 12.1 Å². The molecule has 3 heterocycles. The van der Waals surface area contributed by atoms with Gasteiger partial charge >= 0.3 is 0 Å². The number of benzene rings is 1. The van der Waals surface area contributed by atoms with Crippen molar-refractivity contribution in [3.8, 4) is 0 Å². The number of hydrogen-bond donors (Lipinski definition) is 4. The first-order valence-corrected chi connectivity index (χ1v) is 12.6. The highest BCUT2D eigenvalue weighted by molar-refractivity contribution is 5.97. The maximum absolute atomic E-state index is 12.8. The molecule has 186 valence electrons. The second kappa shape index (κ2) is 9.65. The van der Waals surface area contributed by atoms with Crippen LogP contribution in [0.1, 0.15) is 66.3 Å². The van der Waals surface area contributed by atoms with E-state index in [1.807, 2.05) is 25.2 Å². The summed E-state index contributed by atoms with van der Waals surface area (Å²) in [4.78, 5) is 21.8. The van der Waals surface area contributed by atoms with Gasteiger partial charge in [0.2, 0.25) is 0 Å². The lowest BCUT2D eigenvalue weighted by molar-refractivity contribution is 0.0924. The molecule has 4 aromatic rings. The molecule has 3 aromatic heterocycles. The number of H-pyrrole nitrogens is 1. The van der Waals surface area contributed by atoms with Gasteiger partial charge in [0.25, 0.3) is 5.91 Å². The Labute approximate surface area is 208 Å². The summed E-state index contributed by atoms with van der Waals surface area (Å²) in [6, 6.07) is 9.95. The first-order chi connectivity index (χ1) is 17.6. The quantitative estimate of drug-likeness (QED) is 0.298. The standard InChI is InChI=1S/C25H30N10O/c1-35-21-12-16(4-9-19(21)32-34-35)25(36)28-18-7-5-17(6-8-18)27-14-24-26-11-10-22(30-24)29-23-13-20(31-33-23)15-2-3-15/h4,9-13,15,17-18,27H,2-3,5-8,14H2,1H3,(H,28,36)(H2,26,29,30,31,33). The van der Waals surface area contributed by atoms with Crippen LogP contribution >= 0.6 is 0 Å². The van der Waals surface area contributed by atoms with Gasteiger partial charge in [-0.15, -0.1) is 5.10 Å². The Hall–Kier alpha value is -3.86. The molecule has 2 aliphatic carbocycles. The second-order valence-electron chi connectivity index (χ2n) is 9.79. The zero-order chi connectivity index (χ0) is 24.5. The Morgan fingerprint density at radius 3 is 2.72 bits per heavy atom. The molecule has 11 heteroatoms. The third-order valence-corrected chi connectivity index (χ3v) is 7.06. The molecule has 0 bridgehead atoms. The molecule has 0 saturated heterocycles. The number of anilines is 2. The molecule has 0 aliphatic heterocycles. The molecule has 2 aliphatic rings. The van der Waals surface area contributed by atoms with Crippen LogP contribution in [0.5, 0.6) is 0 Å². The zero-order valence-electron chi connectivity index (χ0n) is 20.2. The number of fused-ring (bicyclic) bond motifs is 1. The molecule has 36 heavy (non-hydrogen) atoms. The van der Waals surface area contributed by atoms with E-state index in [1.165, 1.54) is 18.5 Å². The van der Waals surface area contributed by atoms with E-state index in [1.54, 1.807) is 16.9 Å². The lowest BCUT2D eigenvalue weighted by atomic mass is 9.91.